The standard InChI is InChI=1S/C7H8BrNO3S/c8-6-2-1-5(4-9)3-7(6)13(10,11)12/h1-3H,4,9H2,(H,10,11,12). The van der Waals surface area contributed by atoms with E-state index in [1.807, 2.05) is 0 Å². The van der Waals surface area contributed by atoms with Crippen LogP contribution in [0.2, 0.25) is 0 Å². The first-order valence-electron chi connectivity index (χ1n) is 3.41. The Kier molecular flexibility index (Phi) is 3.07. The zero-order valence-corrected chi connectivity index (χ0v) is 8.97. The number of nitrogens with two attached hydrogens (primary N) is 1. The van der Waals surface area contributed by atoms with Gasteiger partial charge in [0, 0.05) is 11.0 Å². The number of rotatable bonds is 2. The van der Waals surface area contributed by atoms with E-state index < -0.39 is 10.1 Å². The molecule has 0 aliphatic carbocycles. The minimum Gasteiger partial charge on any atom is -0.326 e. The number of halogens is 1. The van der Waals surface area contributed by atoms with Gasteiger partial charge in [-0.3, -0.25) is 4.55 Å². The Balaban J connectivity index is 3.36. The third-order valence-electron chi connectivity index (χ3n) is 1.51. The van der Waals surface area contributed by atoms with Crippen LogP contribution in [0.1, 0.15) is 5.56 Å². The first-order chi connectivity index (χ1) is 5.95. The molecule has 1 rings (SSSR count). The largest absolute Gasteiger partial charge is 0.326 e. The third kappa shape index (κ3) is 2.50. The van der Waals surface area contributed by atoms with Gasteiger partial charge >= 0.3 is 0 Å². The highest BCUT2D eigenvalue weighted by molar-refractivity contribution is 9.10. The lowest BCUT2D eigenvalue weighted by atomic mass is 10.2. The maximum Gasteiger partial charge on any atom is 0.295 e. The fraction of sp³-hybridized carbons (Fsp3) is 0.143. The lowest BCUT2D eigenvalue weighted by molar-refractivity contribution is 0.482. The molecule has 0 amide bonds. The van der Waals surface area contributed by atoms with Crippen LogP contribution in [0, 0.1) is 0 Å². The second-order valence-corrected chi connectivity index (χ2v) is 4.69. The van der Waals surface area contributed by atoms with E-state index in [4.69, 9.17) is 10.3 Å². The second kappa shape index (κ2) is 3.75. The first kappa shape index (κ1) is 10.6. The molecule has 0 aliphatic rings. The normalized spacial score (nSPS) is 11.6. The van der Waals surface area contributed by atoms with Crippen LogP contribution in [0.4, 0.5) is 0 Å². The van der Waals surface area contributed by atoms with E-state index in [2.05, 4.69) is 15.9 Å². The van der Waals surface area contributed by atoms with E-state index >= 15 is 0 Å². The summed E-state index contributed by atoms with van der Waals surface area (Å²) >= 11 is 3.02. The number of benzene rings is 1. The fourth-order valence-electron chi connectivity index (χ4n) is 0.872. The monoisotopic (exact) mass is 265 g/mol. The van der Waals surface area contributed by atoms with E-state index in [0.717, 1.165) is 0 Å². The molecule has 0 bridgehead atoms. The quantitative estimate of drug-likeness (QED) is 0.787. The van der Waals surface area contributed by atoms with E-state index in [0.29, 0.717) is 10.0 Å². The molecule has 0 saturated carbocycles. The van der Waals surface area contributed by atoms with Gasteiger partial charge in [0.25, 0.3) is 10.1 Å². The molecule has 0 spiro atoms. The Morgan fingerprint density at radius 1 is 1.46 bits per heavy atom. The van der Waals surface area contributed by atoms with Crippen LogP contribution < -0.4 is 5.73 Å². The van der Waals surface area contributed by atoms with Gasteiger partial charge in [0.05, 0.1) is 0 Å². The molecule has 1 aromatic rings. The van der Waals surface area contributed by atoms with Gasteiger partial charge in [-0.1, -0.05) is 6.07 Å². The molecule has 0 saturated heterocycles. The molecule has 0 radical (unpaired) electrons. The zero-order valence-electron chi connectivity index (χ0n) is 6.57. The lowest BCUT2D eigenvalue weighted by Crippen LogP contribution is -2.02. The maximum atomic E-state index is 10.8. The molecule has 0 fully saturated rings. The average Bonchev–Trinajstić information content (AvgIpc) is 2.03. The van der Waals surface area contributed by atoms with E-state index in [1.165, 1.54) is 12.1 Å². The van der Waals surface area contributed by atoms with Crippen molar-refractivity contribution in [2.24, 2.45) is 5.73 Å². The summed E-state index contributed by atoms with van der Waals surface area (Å²) in [6.45, 7) is 0.232. The maximum absolute atomic E-state index is 10.8. The Morgan fingerprint density at radius 2 is 2.08 bits per heavy atom. The second-order valence-electron chi connectivity index (χ2n) is 2.44. The van der Waals surface area contributed by atoms with Crippen LogP contribution in [0.25, 0.3) is 0 Å². The fourth-order valence-corrected chi connectivity index (χ4v) is 2.35. The molecule has 0 heterocycles. The lowest BCUT2D eigenvalue weighted by Gasteiger charge is -2.02. The van der Waals surface area contributed by atoms with E-state index in [-0.39, 0.29) is 11.4 Å². The molecule has 4 nitrogen and oxygen atoms in total. The van der Waals surface area contributed by atoms with Gasteiger partial charge in [0.1, 0.15) is 4.90 Å². The molecule has 0 aliphatic heterocycles. The van der Waals surface area contributed by atoms with Crippen molar-refractivity contribution in [2.45, 2.75) is 11.4 Å². The van der Waals surface area contributed by atoms with E-state index in [9.17, 15) is 8.42 Å². The summed E-state index contributed by atoms with van der Waals surface area (Å²) in [6.07, 6.45) is 0. The smallest absolute Gasteiger partial charge is 0.295 e. The van der Waals surface area contributed by atoms with Crippen LogP contribution in [-0.4, -0.2) is 13.0 Å². The van der Waals surface area contributed by atoms with Gasteiger partial charge < -0.3 is 5.73 Å². The summed E-state index contributed by atoms with van der Waals surface area (Å²) in [5.74, 6) is 0. The van der Waals surface area contributed by atoms with Gasteiger partial charge in [-0.2, -0.15) is 8.42 Å². The molecule has 6 heteroatoms. The minimum atomic E-state index is -4.17. The molecular weight excluding hydrogens is 258 g/mol. The third-order valence-corrected chi connectivity index (χ3v) is 3.36. The van der Waals surface area contributed by atoms with Crippen molar-refractivity contribution in [2.75, 3.05) is 0 Å². The molecular formula is C7H8BrNO3S. The predicted octanol–water partition coefficient (Wildman–Crippen LogP) is 1.15. The summed E-state index contributed by atoms with van der Waals surface area (Å²) in [4.78, 5) is -0.157. The van der Waals surface area contributed by atoms with Gasteiger partial charge in [-0.05, 0) is 33.6 Å². The SMILES string of the molecule is NCc1ccc(Br)c(S(=O)(=O)O)c1. The topological polar surface area (TPSA) is 80.4 Å². The van der Waals surface area contributed by atoms with Crippen molar-refractivity contribution >= 4 is 26.0 Å². The van der Waals surface area contributed by atoms with E-state index in [1.54, 1.807) is 6.07 Å². The Morgan fingerprint density at radius 3 is 2.54 bits per heavy atom. The Hall–Kier alpha value is -0.430. The van der Waals surface area contributed by atoms with Gasteiger partial charge in [-0.25, -0.2) is 0 Å². The van der Waals surface area contributed by atoms with Crippen molar-refractivity contribution in [3.05, 3.63) is 28.2 Å². The highest BCUT2D eigenvalue weighted by Gasteiger charge is 2.13. The van der Waals surface area contributed by atoms with Crippen molar-refractivity contribution in [1.29, 1.82) is 0 Å². The first-order valence-corrected chi connectivity index (χ1v) is 5.64. The van der Waals surface area contributed by atoms with Crippen molar-refractivity contribution in [1.82, 2.24) is 0 Å². The van der Waals surface area contributed by atoms with Gasteiger partial charge in [-0.15, -0.1) is 0 Å². The van der Waals surface area contributed by atoms with Gasteiger partial charge in [0.2, 0.25) is 0 Å². The highest BCUT2D eigenvalue weighted by Crippen LogP contribution is 2.22. The molecule has 72 valence electrons. The average molecular weight is 266 g/mol. The number of hydrogen-bond acceptors (Lipinski definition) is 3. The van der Waals surface area contributed by atoms with Crippen LogP contribution in [0.3, 0.4) is 0 Å². The van der Waals surface area contributed by atoms with Crippen molar-refractivity contribution < 1.29 is 13.0 Å². The minimum absolute atomic E-state index is 0.157. The summed E-state index contributed by atoms with van der Waals surface area (Å²) in [5.41, 5.74) is 5.97. The predicted molar refractivity (Wildman–Crippen MR) is 51.8 cm³/mol. The molecule has 0 atom stereocenters. The van der Waals surface area contributed by atoms with Crippen LogP contribution in [-0.2, 0) is 16.7 Å². The molecule has 0 unspecified atom stereocenters. The van der Waals surface area contributed by atoms with Crippen LogP contribution in [0.5, 0.6) is 0 Å². The van der Waals surface area contributed by atoms with Crippen molar-refractivity contribution in [3.8, 4) is 0 Å². The highest BCUT2D eigenvalue weighted by atomic mass is 79.9. The molecule has 1 aromatic carbocycles. The zero-order chi connectivity index (χ0) is 10.1. The summed E-state index contributed by atoms with van der Waals surface area (Å²) in [5, 5.41) is 0. The molecule has 13 heavy (non-hydrogen) atoms. The molecule has 0 aromatic heterocycles. The summed E-state index contributed by atoms with van der Waals surface area (Å²) in [7, 11) is -4.17. The van der Waals surface area contributed by atoms with Gasteiger partial charge in [0.15, 0.2) is 0 Å². The summed E-state index contributed by atoms with van der Waals surface area (Å²) < 4.78 is 30.7. The Labute approximate surface area is 84.6 Å². The molecule has 3 N–H and O–H groups in total. The van der Waals surface area contributed by atoms with Crippen molar-refractivity contribution in [3.63, 3.8) is 0 Å². The number of hydrogen-bond donors (Lipinski definition) is 2. The van der Waals surface area contributed by atoms with Crippen LogP contribution in [0.15, 0.2) is 27.6 Å². The summed E-state index contributed by atoms with van der Waals surface area (Å²) in [6, 6.07) is 4.55. The Bertz CT molecular complexity index is 416. The van der Waals surface area contributed by atoms with Crippen LogP contribution >= 0.6 is 15.9 Å².